The lowest BCUT2D eigenvalue weighted by molar-refractivity contribution is -0.136. The highest BCUT2D eigenvalue weighted by atomic mass is 19.1. The lowest BCUT2D eigenvalue weighted by atomic mass is 10.0. The van der Waals surface area contributed by atoms with Gasteiger partial charge >= 0.3 is 6.03 Å². The number of benzene rings is 1. The van der Waals surface area contributed by atoms with Crippen LogP contribution in [0, 0.1) is 18.7 Å². The quantitative estimate of drug-likeness (QED) is 0.703. The van der Waals surface area contributed by atoms with Gasteiger partial charge in [-0.05, 0) is 56.1 Å². The van der Waals surface area contributed by atoms with Crippen molar-refractivity contribution in [3.05, 3.63) is 53.6 Å². The number of halogens is 1. The molecule has 3 amide bonds. The van der Waals surface area contributed by atoms with Crippen LogP contribution in [-0.4, -0.2) is 52.9 Å². The summed E-state index contributed by atoms with van der Waals surface area (Å²) >= 11 is 0. The number of urea groups is 1. The molecule has 1 aromatic heterocycles. The van der Waals surface area contributed by atoms with Gasteiger partial charge in [-0.25, -0.2) is 9.18 Å². The van der Waals surface area contributed by atoms with E-state index in [0.717, 1.165) is 37.2 Å². The van der Waals surface area contributed by atoms with Gasteiger partial charge in [0, 0.05) is 37.8 Å². The van der Waals surface area contributed by atoms with Crippen LogP contribution in [0.4, 0.5) is 20.6 Å². The zero-order valence-electron chi connectivity index (χ0n) is 19.2. The number of amides is 3. The minimum atomic E-state index is -0.529. The molecule has 1 aliphatic heterocycles. The second-order valence-corrected chi connectivity index (χ2v) is 8.72. The zero-order valence-corrected chi connectivity index (χ0v) is 19.2. The second-order valence-electron chi connectivity index (χ2n) is 8.72. The summed E-state index contributed by atoms with van der Waals surface area (Å²) in [5.74, 6) is -0.368. The van der Waals surface area contributed by atoms with Crippen molar-refractivity contribution in [1.29, 1.82) is 0 Å². The number of nitrogens with zero attached hydrogens (tertiary/aromatic N) is 3. The van der Waals surface area contributed by atoms with Crippen molar-refractivity contribution in [3.8, 4) is 0 Å². The number of aryl methyl sites for hydroxylation is 1. The predicted molar refractivity (Wildman–Crippen MR) is 124 cm³/mol. The molecule has 0 radical (unpaired) electrons. The first-order chi connectivity index (χ1) is 15.2. The Morgan fingerprint density at radius 1 is 1.25 bits per heavy atom. The molecular weight excluding hydrogens is 409 g/mol. The molecule has 1 saturated heterocycles. The Balaban J connectivity index is 1.61. The first-order valence-corrected chi connectivity index (χ1v) is 11.0. The molecule has 8 heteroatoms. The SMILES string of the molecule is Cc1ccc(NC(=O)Nc2cc(CN3CCCC(N(C)C(=O)C(C)C)C3)ccc2F)cn1. The molecule has 7 nitrogen and oxygen atoms in total. The van der Waals surface area contributed by atoms with Crippen LogP contribution in [0.25, 0.3) is 0 Å². The van der Waals surface area contributed by atoms with E-state index < -0.39 is 11.8 Å². The molecule has 0 saturated carbocycles. The summed E-state index contributed by atoms with van der Waals surface area (Å²) in [6, 6.07) is 7.93. The highest BCUT2D eigenvalue weighted by Gasteiger charge is 2.27. The molecule has 1 fully saturated rings. The van der Waals surface area contributed by atoms with Crippen molar-refractivity contribution in [2.45, 2.75) is 46.2 Å². The number of likely N-dealkylation sites (tertiary alicyclic amines) is 1. The van der Waals surface area contributed by atoms with Crippen molar-refractivity contribution in [2.75, 3.05) is 30.8 Å². The normalized spacial score (nSPS) is 16.6. The summed E-state index contributed by atoms with van der Waals surface area (Å²) in [5.41, 5.74) is 2.40. The van der Waals surface area contributed by atoms with E-state index in [2.05, 4.69) is 20.5 Å². The molecular formula is C24H32FN5O2. The Morgan fingerprint density at radius 3 is 2.72 bits per heavy atom. The monoisotopic (exact) mass is 441 g/mol. The first kappa shape index (κ1) is 23.7. The van der Waals surface area contributed by atoms with Crippen LogP contribution < -0.4 is 10.6 Å². The van der Waals surface area contributed by atoms with Gasteiger partial charge in [-0.2, -0.15) is 0 Å². The maximum absolute atomic E-state index is 14.3. The zero-order chi connectivity index (χ0) is 23.3. The highest BCUT2D eigenvalue weighted by Crippen LogP contribution is 2.22. The lowest BCUT2D eigenvalue weighted by Crippen LogP contribution is -2.49. The number of nitrogens with one attached hydrogen (secondary N) is 2. The number of carbonyl (C=O) groups is 2. The molecule has 1 aliphatic rings. The minimum absolute atomic E-state index is 0.0251. The van der Waals surface area contributed by atoms with Crippen molar-refractivity contribution >= 4 is 23.3 Å². The van der Waals surface area contributed by atoms with E-state index in [1.807, 2.05) is 32.7 Å². The van der Waals surface area contributed by atoms with Gasteiger partial charge in [0.2, 0.25) is 5.91 Å². The van der Waals surface area contributed by atoms with Crippen LogP contribution in [0.2, 0.25) is 0 Å². The Labute approximate surface area is 189 Å². The Bertz CT molecular complexity index is 948. The molecule has 0 bridgehead atoms. The van der Waals surface area contributed by atoms with E-state index in [9.17, 15) is 14.0 Å². The minimum Gasteiger partial charge on any atom is -0.341 e. The van der Waals surface area contributed by atoms with Crippen LogP contribution >= 0.6 is 0 Å². The number of rotatable bonds is 6. The van der Waals surface area contributed by atoms with E-state index in [0.29, 0.717) is 12.2 Å². The Hall–Kier alpha value is -3.00. The van der Waals surface area contributed by atoms with Gasteiger partial charge in [0.25, 0.3) is 0 Å². The van der Waals surface area contributed by atoms with Crippen molar-refractivity contribution in [1.82, 2.24) is 14.8 Å². The van der Waals surface area contributed by atoms with Gasteiger partial charge in [-0.1, -0.05) is 19.9 Å². The van der Waals surface area contributed by atoms with Gasteiger partial charge in [-0.3, -0.25) is 14.7 Å². The largest absolute Gasteiger partial charge is 0.341 e. The Morgan fingerprint density at radius 2 is 2.03 bits per heavy atom. The molecule has 0 aliphatic carbocycles. The van der Waals surface area contributed by atoms with Gasteiger partial charge in [-0.15, -0.1) is 0 Å². The molecule has 2 aromatic rings. The average Bonchev–Trinajstić information content (AvgIpc) is 2.76. The smallest absolute Gasteiger partial charge is 0.323 e. The number of aromatic nitrogens is 1. The summed E-state index contributed by atoms with van der Waals surface area (Å²) in [5, 5.41) is 5.24. The summed E-state index contributed by atoms with van der Waals surface area (Å²) in [4.78, 5) is 32.9. The van der Waals surface area contributed by atoms with E-state index in [-0.39, 0.29) is 23.6 Å². The molecule has 0 spiro atoms. The van der Waals surface area contributed by atoms with Crippen molar-refractivity contribution in [3.63, 3.8) is 0 Å². The van der Waals surface area contributed by atoms with Crippen molar-refractivity contribution in [2.24, 2.45) is 5.92 Å². The van der Waals surface area contributed by atoms with Gasteiger partial charge < -0.3 is 15.5 Å². The third kappa shape index (κ3) is 6.26. The molecule has 172 valence electrons. The van der Waals surface area contributed by atoms with E-state index in [1.165, 1.54) is 6.07 Å². The number of hydrogen-bond donors (Lipinski definition) is 2. The standard InChI is InChI=1S/C24H32FN5O2/c1-16(2)23(31)29(4)20-6-5-11-30(15-20)14-18-8-10-21(25)22(12-18)28-24(32)27-19-9-7-17(3)26-13-19/h7-10,12-13,16,20H,5-6,11,14-15H2,1-4H3,(H2,27,28,32). The molecule has 1 atom stereocenters. The van der Waals surface area contributed by atoms with E-state index in [4.69, 9.17) is 0 Å². The predicted octanol–water partition coefficient (Wildman–Crippen LogP) is 4.25. The van der Waals surface area contributed by atoms with Crippen LogP contribution in [0.1, 0.15) is 37.9 Å². The fraction of sp³-hybridized carbons (Fsp3) is 0.458. The molecule has 32 heavy (non-hydrogen) atoms. The summed E-state index contributed by atoms with van der Waals surface area (Å²) in [6.07, 6.45) is 3.53. The summed E-state index contributed by atoms with van der Waals surface area (Å²) in [6.45, 7) is 8.00. The number of hydrogen-bond acceptors (Lipinski definition) is 4. The average molecular weight is 442 g/mol. The van der Waals surface area contributed by atoms with Gasteiger partial charge in [0.05, 0.1) is 17.6 Å². The second kappa shape index (κ2) is 10.5. The number of pyridine rings is 1. The van der Waals surface area contributed by atoms with Crippen LogP contribution in [0.5, 0.6) is 0 Å². The van der Waals surface area contributed by atoms with Gasteiger partial charge in [0.1, 0.15) is 5.82 Å². The van der Waals surface area contributed by atoms with Gasteiger partial charge in [0.15, 0.2) is 0 Å². The fourth-order valence-electron chi connectivity index (χ4n) is 3.93. The maximum Gasteiger partial charge on any atom is 0.323 e. The molecule has 2 heterocycles. The van der Waals surface area contributed by atoms with E-state index >= 15 is 0 Å². The molecule has 1 unspecified atom stereocenters. The molecule has 3 rings (SSSR count). The number of likely N-dealkylation sites (N-methyl/N-ethyl adjacent to an activating group) is 1. The number of anilines is 2. The number of piperidine rings is 1. The van der Waals surface area contributed by atoms with Crippen LogP contribution in [0.15, 0.2) is 36.5 Å². The number of carbonyl (C=O) groups excluding carboxylic acids is 2. The third-order valence-electron chi connectivity index (χ3n) is 5.72. The van der Waals surface area contributed by atoms with E-state index in [1.54, 1.807) is 30.5 Å². The molecule has 1 aromatic carbocycles. The summed E-state index contributed by atoms with van der Waals surface area (Å²) in [7, 11) is 1.87. The summed E-state index contributed by atoms with van der Waals surface area (Å²) < 4.78 is 14.3. The topological polar surface area (TPSA) is 77.6 Å². The van der Waals surface area contributed by atoms with Crippen LogP contribution in [-0.2, 0) is 11.3 Å². The lowest BCUT2D eigenvalue weighted by Gasteiger charge is -2.38. The maximum atomic E-state index is 14.3. The fourth-order valence-corrected chi connectivity index (χ4v) is 3.93. The third-order valence-corrected chi connectivity index (χ3v) is 5.72. The van der Waals surface area contributed by atoms with Crippen LogP contribution in [0.3, 0.4) is 0 Å². The highest BCUT2D eigenvalue weighted by molar-refractivity contribution is 5.99. The van der Waals surface area contributed by atoms with Crippen molar-refractivity contribution < 1.29 is 14.0 Å². The first-order valence-electron chi connectivity index (χ1n) is 11.0. The Kier molecular flexibility index (Phi) is 7.80. The molecule has 2 N–H and O–H groups in total.